The number of carbonyl (C=O) groups excluding carboxylic acids is 1. The highest BCUT2D eigenvalue weighted by Gasteiger charge is 2.27. The van der Waals surface area contributed by atoms with Crippen molar-refractivity contribution in [3.8, 4) is 0 Å². The first kappa shape index (κ1) is 18.7. The standard InChI is InChI=1S/C20H29N3O.ClH/c24-20(23-11-3-5-17-4-1-2-6-19(17)23)15-22-12-9-18(10-13-22)21-14-16-7-8-16;/h1-2,4,6,16,18,21H,3,5,7-15H2;1H. The van der Waals surface area contributed by atoms with Gasteiger partial charge in [0.25, 0.3) is 0 Å². The Labute approximate surface area is 157 Å². The summed E-state index contributed by atoms with van der Waals surface area (Å²) in [5.74, 6) is 1.22. The van der Waals surface area contributed by atoms with E-state index in [1.54, 1.807) is 0 Å². The molecule has 4 rings (SSSR count). The zero-order valence-electron chi connectivity index (χ0n) is 15.0. The molecule has 0 radical (unpaired) electrons. The van der Waals surface area contributed by atoms with Crippen molar-refractivity contribution in [3.63, 3.8) is 0 Å². The predicted molar refractivity (Wildman–Crippen MR) is 105 cm³/mol. The number of anilines is 1. The van der Waals surface area contributed by atoms with Crippen LogP contribution in [0.3, 0.4) is 0 Å². The van der Waals surface area contributed by atoms with Gasteiger partial charge in [0.15, 0.2) is 0 Å². The molecule has 1 saturated carbocycles. The number of piperidine rings is 1. The zero-order valence-corrected chi connectivity index (χ0v) is 15.8. The molecule has 0 unspecified atom stereocenters. The number of fused-ring (bicyclic) bond motifs is 1. The average molecular weight is 364 g/mol. The molecule has 1 aromatic carbocycles. The summed E-state index contributed by atoms with van der Waals surface area (Å²) in [6.07, 6.45) is 7.36. The van der Waals surface area contributed by atoms with E-state index in [0.717, 1.165) is 44.1 Å². The van der Waals surface area contributed by atoms with Crippen molar-refractivity contribution in [1.29, 1.82) is 0 Å². The third-order valence-electron chi connectivity index (χ3n) is 5.75. The van der Waals surface area contributed by atoms with Crippen LogP contribution in [0.1, 0.15) is 37.7 Å². The van der Waals surface area contributed by atoms with Gasteiger partial charge >= 0.3 is 0 Å². The maximum atomic E-state index is 12.8. The SMILES string of the molecule is Cl.O=C(CN1CCC(NCC2CC2)CC1)N1CCCc2ccccc21. The van der Waals surface area contributed by atoms with Gasteiger partial charge in [0.2, 0.25) is 5.91 Å². The summed E-state index contributed by atoms with van der Waals surface area (Å²) in [4.78, 5) is 17.2. The molecular formula is C20H30ClN3O. The number of hydrogen-bond acceptors (Lipinski definition) is 3. The molecule has 138 valence electrons. The van der Waals surface area contributed by atoms with Crippen molar-refractivity contribution in [2.75, 3.05) is 37.6 Å². The zero-order chi connectivity index (χ0) is 16.4. The molecule has 2 fully saturated rings. The second-order valence-corrected chi connectivity index (χ2v) is 7.68. The molecule has 3 aliphatic rings. The maximum absolute atomic E-state index is 12.8. The fourth-order valence-corrected chi connectivity index (χ4v) is 4.02. The Bertz CT molecular complexity index is 582. The van der Waals surface area contributed by atoms with E-state index in [9.17, 15) is 4.79 Å². The first-order valence-electron chi connectivity index (χ1n) is 9.63. The quantitative estimate of drug-likeness (QED) is 0.873. The number of carbonyl (C=O) groups is 1. The molecule has 4 nitrogen and oxygen atoms in total. The predicted octanol–water partition coefficient (Wildman–Crippen LogP) is 2.85. The first-order valence-corrected chi connectivity index (χ1v) is 9.63. The molecule has 0 spiro atoms. The van der Waals surface area contributed by atoms with E-state index in [-0.39, 0.29) is 18.3 Å². The molecule has 1 aliphatic carbocycles. The number of aryl methyl sites for hydroxylation is 1. The van der Waals surface area contributed by atoms with Crippen LogP contribution in [0.4, 0.5) is 5.69 Å². The Morgan fingerprint density at radius 1 is 1.08 bits per heavy atom. The number of likely N-dealkylation sites (tertiary alicyclic amines) is 1. The molecule has 1 saturated heterocycles. The minimum atomic E-state index is 0. The maximum Gasteiger partial charge on any atom is 0.241 e. The van der Waals surface area contributed by atoms with Gasteiger partial charge in [-0.15, -0.1) is 12.4 Å². The lowest BCUT2D eigenvalue weighted by Crippen LogP contribution is -2.48. The van der Waals surface area contributed by atoms with Gasteiger partial charge in [-0.2, -0.15) is 0 Å². The van der Waals surface area contributed by atoms with Crippen molar-refractivity contribution < 1.29 is 4.79 Å². The minimum Gasteiger partial charge on any atom is -0.314 e. The van der Waals surface area contributed by atoms with Crippen molar-refractivity contribution >= 4 is 24.0 Å². The molecule has 1 aromatic rings. The number of nitrogens with zero attached hydrogens (tertiary/aromatic N) is 2. The van der Waals surface area contributed by atoms with Crippen LogP contribution in [0.25, 0.3) is 0 Å². The molecular weight excluding hydrogens is 334 g/mol. The van der Waals surface area contributed by atoms with Crippen LogP contribution < -0.4 is 10.2 Å². The lowest BCUT2D eigenvalue weighted by molar-refractivity contribution is -0.120. The smallest absolute Gasteiger partial charge is 0.241 e. The molecule has 1 amide bonds. The minimum absolute atomic E-state index is 0. The van der Waals surface area contributed by atoms with Gasteiger partial charge in [-0.1, -0.05) is 18.2 Å². The lowest BCUT2D eigenvalue weighted by atomic mass is 10.0. The van der Waals surface area contributed by atoms with E-state index in [0.29, 0.717) is 12.6 Å². The summed E-state index contributed by atoms with van der Waals surface area (Å²) in [5, 5.41) is 3.71. The number of rotatable bonds is 5. The summed E-state index contributed by atoms with van der Waals surface area (Å²) < 4.78 is 0. The van der Waals surface area contributed by atoms with Gasteiger partial charge in [0.1, 0.15) is 0 Å². The van der Waals surface area contributed by atoms with Gasteiger partial charge in [-0.3, -0.25) is 9.69 Å². The Hall–Kier alpha value is -1.10. The topological polar surface area (TPSA) is 35.6 Å². The molecule has 25 heavy (non-hydrogen) atoms. The molecule has 2 heterocycles. The molecule has 0 bridgehead atoms. The highest BCUT2D eigenvalue weighted by molar-refractivity contribution is 5.95. The third kappa shape index (κ3) is 4.75. The van der Waals surface area contributed by atoms with Gasteiger partial charge in [0, 0.05) is 31.4 Å². The van der Waals surface area contributed by atoms with E-state index in [1.807, 2.05) is 11.0 Å². The van der Waals surface area contributed by atoms with Gasteiger partial charge in [-0.25, -0.2) is 0 Å². The highest BCUT2D eigenvalue weighted by Crippen LogP contribution is 2.28. The van der Waals surface area contributed by atoms with Gasteiger partial charge < -0.3 is 10.2 Å². The molecule has 1 N–H and O–H groups in total. The molecule has 0 atom stereocenters. The number of amides is 1. The Morgan fingerprint density at radius 2 is 1.84 bits per heavy atom. The Kier molecular flexibility index (Phi) is 6.37. The van der Waals surface area contributed by atoms with Gasteiger partial charge in [0.05, 0.1) is 6.54 Å². The number of nitrogens with one attached hydrogen (secondary N) is 1. The summed E-state index contributed by atoms with van der Waals surface area (Å²) in [5.41, 5.74) is 2.45. The van der Waals surface area contributed by atoms with Crippen LogP contribution in [0.15, 0.2) is 24.3 Å². The van der Waals surface area contributed by atoms with Crippen LogP contribution in [0, 0.1) is 5.92 Å². The van der Waals surface area contributed by atoms with Crippen molar-refractivity contribution in [2.24, 2.45) is 5.92 Å². The molecule has 0 aromatic heterocycles. The molecule has 5 heteroatoms. The van der Waals surface area contributed by atoms with Crippen LogP contribution in [-0.2, 0) is 11.2 Å². The normalized spacial score (nSPS) is 21.5. The van der Waals surface area contributed by atoms with Crippen molar-refractivity contribution in [2.45, 2.75) is 44.6 Å². The highest BCUT2D eigenvalue weighted by atomic mass is 35.5. The number of para-hydroxylation sites is 1. The van der Waals surface area contributed by atoms with Crippen molar-refractivity contribution in [3.05, 3.63) is 29.8 Å². The summed E-state index contributed by atoms with van der Waals surface area (Å²) >= 11 is 0. The van der Waals surface area contributed by atoms with E-state index >= 15 is 0 Å². The fourth-order valence-electron chi connectivity index (χ4n) is 4.02. The van der Waals surface area contributed by atoms with Crippen LogP contribution in [0.5, 0.6) is 0 Å². The summed E-state index contributed by atoms with van der Waals surface area (Å²) in [6, 6.07) is 9.03. The van der Waals surface area contributed by atoms with Crippen LogP contribution >= 0.6 is 12.4 Å². The largest absolute Gasteiger partial charge is 0.314 e. The summed E-state index contributed by atoms with van der Waals surface area (Å²) in [6.45, 7) is 4.74. The lowest BCUT2D eigenvalue weighted by Gasteiger charge is -2.35. The fraction of sp³-hybridized carbons (Fsp3) is 0.650. The van der Waals surface area contributed by atoms with E-state index in [1.165, 1.54) is 37.8 Å². The third-order valence-corrected chi connectivity index (χ3v) is 5.75. The number of benzene rings is 1. The van der Waals surface area contributed by atoms with Crippen molar-refractivity contribution in [1.82, 2.24) is 10.2 Å². The van der Waals surface area contributed by atoms with Crippen LogP contribution in [0.2, 0.25) is 0 Å². The average Bonchev–Trinajstić information content (AvgIpc) is 3.45. The number of halogens is 1. The first-order chi connectivity index (χ1) is 11.8. The Morgan fingerprint density at radius 3 is 2.60 bits per heavy atom. The molecule has 2 aliphatic heterocycles. The summed E-state index contributed by atoms with van der Waals surface area (Å²) in [7, 11) is 0. The van der Waals surface area contributed by atoms with E-state index in [2.05, 4.69) is 28.4 Å². The van der Waals surface area contributed by atoms with E-state index < -0.39 is 0 Å². The monoisotopic (exact) mass is 363 g/mol. The Balaban J connectivity index is 0.00000182. The van der Waals surface area contributed by atoms with Gasteiger partial charge in [-0.05, 0) is 62.6 Å². The van der Waals surface area contributed by atoms with E-state index in [4.69, 9.17) is 0 Å². The second kappa shape index (κ2) is 8.52. The van der Waals surface area contributed by atoms with Crippen LogP contribution in [-0.4, -0.2) is 49.6 Å². The number of hydrogen-bond donors (Lipinski definition) is 1. The second-order valence-electron chi connectivity index (χ2n) is 7.68.